The molecule has 0 radical (unpaired) electrons. The topological polar surface area (TPSA) is 73.9 Å². The molecule has 6 nitrogen and oxygen atoms in total. The van der Waals surface area contributed by atoms with E-state index in [1.54, 1.807) is 18.5 Å². The molecule has 3 aromatic rings. The van der Waals surface area contributed by atoms with Gasteiger partial charge in [0.25, 0.3) is 5.91 Å². The van der Waals surface area contributed by atoms with Crippen molar-refractivity contribution in [3.63, 3.8) is 0 Å². The minimum atomic E-state index is -1.32. The average molecular weight is 450 g/mol. The normalized spacial score (nSPS) is 23.5. The number of pyridine rings is 1. The van der Waals surface area contributed by atoms with Crippen molar-refractivity contribution in [2.45, 2.75) is 25.1 Å². The van der Waals surface area contributed by atoms with E-state index < -0.39 is 17.9 Å². The van der Waals surface area contributed by atoms with E-state index in [0.29, 0.717) is 18.7 Å². The van der Waals surface area contributed by atoms with Gasteiger partial charge in [0.2, 0.25) is 0 Å². The van der Waals surface area contributed by atoms with Gasteiger partial charge in [-0.2, -0.15) is 5.10 Å². The Morgan fingerprint density at radius 1 is 1.24 bits per heavy atom. The lowest BCUT2D eigenvalue weighted by molar-refractivity contribution is 0.0885. The molecule has 1 fully saturated rings. The second-order valence-electron chi connectivity index (χ2n) is 8.63. The number of fused-ring (bicyclic) bond motifs is 1. The monoisotopic (exact) mass is 449 g/mol. The average Bonchev–Trinajstić information content (AvgIpc) is 3.26. The molecule has 2 aliphatic rings. The van der Waals surface area contributed by atoms with E-state index in [2.05, 4.69) is 20.5 Å². The fourth-order valence-electron chi connectivity index (χ4n) is 4.62. The second-order valence-corrected chi connectivity index (χ2v) is 8.63. The number of halogens is 2. The molecule has 2 aromatic heterocycles. The van der Waals surface area contributed by atoms with Crippen LogP contribution in [-0.4, -0.2) is 57.8 Å². The Balaban J connectivity index is 1.27. The Bertz CT molecular complexity index is 1210. The number of aromatic nitrogens is 3. The highest BCUT2D eigenvalue weighted by Crippen LogP contribution is 2.28. The molecule has 33 heavy (non-hydrogen) atoms. The highest BCUT2D eigenvalue weighted by atomic mass is 19.1. The van der Waals surface area contributed by atoms with Crippen molar-refractivity contribution in [1.29, 1.82) is 0 Å². The molecular weight excluding hydrogens is 424 g/mol. The molecule has 0 spiro atoms. The Morgan fingerprint density at radius 3 is 2.91 bits per heavy atom. The third kappa shape index (κ3) is 4.57. The maximum absolute atomic E-state index is 14.2. The van der Waals surface area contributed by atoms with Gasteiger partial charge in [0.05, 0.1) is 11.4 Å². The van der Waals surface area contributed by atoms with Crippen molar-refractivity contribution in [3.05, 3.63) is 72.3 Å². The predicted octanol–water partition coefficient (Wildman–Crippen LogP) is 4.20. The first-order valence-electron chi connectivity index (χ1n) is 11.2. The number of carbonyl (C=O) groups is 1. The van der Waals surface area contributed by atoms with Crippen LogP contribution in [0.1, 0.15) is 23.2 Å². The first kappa shape index (κ1) is 21.5. The first-order chi connectivity index (χ1) is 16.1. The number of carbonyl (C=O) groups excluding carboxylic acids is 1. The van der Waals surface area contributed by atoms with Crippen LogP contribution in [0.4, 0.5) is 8.78 Å². The largest absolute Gasteiger partial charge is 0.348 e. The van der Waals surface area contributed by atoms with Crippen LogP contribution in [0.3, 0.4) is 0 Å². The lowest BCUT2D eigenvalue weighted by atomic mass is 9.95. The molecule has 0 saturated carbocycles. The minimum absolute atomic E-state index is 0.0739. The maximum atomic E-state index is 14.2. The standard InChI is InChI=1S/C25H25F2N5O/c26-21-4-1-5-22(27)20(21)15-32-12-2-3-18(14-32)29-25(33)17-6-7-23-19(13-17)24(31-30-23)16-8-10-28-11-9-16/h1,4-11,13,18,20-21H,2-3,12,14-15H2,(H,29,33)(H,30,31). The number of likely N-dealkylation sites (tertiary alicyclic amines) is 1. The number of amides is 1. The molecule has 3 unspecified atom stereocenters. The number of nitrogens with one attached hydrogen (secondary N) is 2. The number of aromatic amines is 1. The van der Waals surface area contributed by atoms with Gasteiger partial charge in [-0.1, -0.05) is 6.08 Å². The van der Waals surface area contributed by atoms with Crippen molar-refractivity contribution in [2.75, 3.05) is 19.6 Å². The Labute approximate surface area is 190 Å². The lowest BCUT2D eigenvalue weighted by Crippen LogP contribution is -2.49. The number of H-pyrrole nitrogens is 1. The van der Waals surface area contributed by atoms with Crippen molar-refractivity contribution in [1.82, 2.24) is 25.4 Å². The molecule has 2 N–H and O–H groups in total. The summed E-state index contributed by atoms with van der Waals surface area (Å²) in [6, 6.07) is 9.14. The van der Waals surface area contributed by atoms with Crippen molar-refractivity contribution >= 4 is 16.8 Å². The SMILES string of the molecule is O=C(NC1CCCN(CC2C(F)=CC=CC2F)C1)c1ccc2[nH]nc(-c3ccncc3)c2c1. The summed E-state index contributed by atoms with van der Waals surface area (Å²) in [5.41, 5.74) is 3.08. The quantitative estimate of drug-likeness (QED) is 0.613. The summed E-state index contributed by atoms with van der Waals surface area (Å²) in [4.78, 5) is 19.1. The maximum Gasteiger partial charge on any atom is 0.251 e. The summed E-state index contributed by atoms with van der Waals surface area (Å²) in [5, 5.41) is 11.4. The molecule has 1 aliphatic carbocycles. The zero-order valence-corrected chi connectivity index (χ0v) is 18.0. The molecular formula is C25H25F2N5O. The third-order valence-corrected chi connectivity index (χ3v) is 6.36. The van der Waals surface area contributed by atoms with Crippen LogP contribution in [0, 0.1) is 5.92 Å². The van der Waals surface area contributed by atoms with E-state index in [4.69, 9.17) is 0 Å². The Kier molecular flexibility index (Phi) is 6.00. The number of allylic oxidation sites excluding steroid dienone is 3. The highest BCUT2D eigenvalue weighted by Gasteiger charge is 2.30. The van der Waals surface area contributed by atoms with Crippen LogP contribution in [0.5, 0.6) is 0 Å². The molecule has 5 rings (SSSR count). The minimum Gasteiger partial charge on any atom is -0.348 e. The highest BCUT2D eigenvalue weighted by molar-refractivity contribution is 6.01. The summed E-state index contributed by atoms with van der Waals surface area (Å²) in [7, 11) is 0. The fourth-order valence-corrected chi connectivity index (χ4v) is 4.62. The van der Waals surface area contributed by atoms with Gasteiger partial charge in [-0.15, -0.1) is 0 Å². The number of hydrogen-bond donors (Lipinski definition) is 2. The van der Waals surface area contributed by atoms with E-state index in [1.165, 1.54) is 18.2 Å². The van der Waals surface area contributed by atoms with Gasteiger partial charge >= 0.3 is 0 Å². The molecule has 0 bridgehead atoms. The molecule has 3 heterocycles. The van der Waals surface area contributed by atoms with E-state index in [9.17, 15) is 13.6 Å². The summed E-state index contributed by atoms with van der Waals surface area (Å²) < 4.78 is 28.3. The molecule has 1 aliphatic heterocycles. The number of alkyl halides is 1. The number of hydrogen-bond acceptors (Lipinski definition) is 4. The van der Waals surface area contributed by atoms with Gasteiger partial charge in [0, 0.05) is 48.0 Å². The fraction of sp³-hybridized carbons (Fsp3) is 0.320. The molecule has 170 valence electrons. The Morgan fingerprint density at radius 2 is 2.09 bits per heavy atom. The lowest BCUT2D eigenvalue weighted by Gasteiger charge is -2.35. The molecule has 3 atom stereocenters. The summed E-state index contributed by atoms with van der Waals surface area (Å²) >= 11 is 0. The summed E-state index contributed by atoms with van der Waals surface area (Å²) in [6.45, 7) is 1.64. The van der Waals surface area contributed by atoms with Gasteiger partial charge in [-0.3, -0.25) is 14.9 Å². The molecule has 1 aromatic carbocycles. The Hall–Kier alpha value is -3.39. The van der Waals surface area contributed by atoms with Crippen LogP contribution in [0.25, 0.3) is 22.2 Å². The number of nitrogens with zero attached hydrogens (tertiary/aromatic N) is 3. The smallest absolute Gasteiger partial charge is 0.251 e. The van der Waals surface area contributed by atoms with Crippen LogP contribution in [-0.2, 0) is 0 Å². The van der Waals surface area contributed by atoms with Crippen molar-refractivity contribution < 1.29 is 13.6 Å². The van der Waals surface area contributed by atoms with Gasteiger partial charge in [-0.05, 0) is 61.9 Å². The van der Waals surface area contributed by atoms with Crippen molar-refractivity contribution in [2.24, 2.45) is 5.92 Å². The van der Waals surface area contributed by atoms with E-state index in [0.717, 1.165) is 41.5 Å². The summed E-state index contributed by atoms with van der Waals surface area (Å²) in [6.07, 6.45) is 7.94. The molecule has 1 amide bonds. The zero-order valence-electron chi connectivity index (χ0n) is 18.0. The van der Waals surface area contributed by atoms with Crippen molar-refractivity contribution in [3.8, 4) is 11.3 Å². The van der Waals surface area contributed by atoms with Crippen LogP contribution in [0.2, 0.25) is 0 Å². The van der Waals surface area contributed by atoms with Gasteiger partial charge in [0.1, 0.15) is 17.7 Å². The predicted molar refractivity (Wildman–Crippen MR) is 123 cm³/mol. The number of piperidine rings is 1. The van der Waals surface area contributed by atoms with Gasteiger partial charge in [0.15, 0.2) is 0 Å². The number of benzene rings is 1. The first-order valence-corrected chi connectivity index (χ1v) is 11.2. The van der Waals surface area contributed by atoms with Gasteiger partial charge < -0.3 is 10.2 Å². The van der Waals surface area contributed by atoms with Gasteiger partial charge in [-0.25, -0.2) is 8.78 Å². The van der Waals surface area contributed by atoms with E-state index in [1.807, 2.05) is 29.2 Å². The second kappa shape index (κ2) is 9.23. The van der Waals surface area contributed by atoms with Crippen LogP contribution < -0.4 is 5.32 Å². The molecule has 8 heteroatoms. The third-order valence-electron chi connectivity index (χ3n) is 6.36. The van der Waals surface area contributed by atoms with Crippen LogP contribution in [0.15, 0.2) is 66.8 Å². The number of rotatable bonds is 5. The summed E-state index contributed by atoms with van der Waals surface area (Å²) in [5.74, 6) is -1.37. The van der Waals surface area contributed by atoms with Crippen LogP contribution >= 0.6 is 0 Å². The van der Waals surface area contributed by atoms with E-state index >= 15 is 0 Å². The zero-order chi connectivity index (χ0) is 22.8. The van der Waals surface area contributed by atoms with E-state index in [-0.39, 0.29) is 11.9 Å². The molecule has 1 saturated heterocycles.